The van der Waals surface area contributed by atoms with Crippen LogP contribution in [0.1, 0.15) is 6.92 Å². The van der Waals surface area contributed by atoms with E-state index in [1.807, 2.05) is 0 Å². The molecule has 0 aliphatic heterocycles. The molecule has 0 atom stereocenters. The van der Waals surface area contributed by atoms with E-state index in [-0.39, 0.29) is 122 Å². The zero-order valence-electron chi connectivity index (χ0n) is 3.88. The molecule has 0 saturated carbocycles. The molecule has 0 N–H and O–H groups in total. The van der Waals surface area contributed by atoms with E-state index in [1.54, 1.807) is 0 Å². The molecule has 0 saturated heterocycles. The average molecular weight is 254 g/mol. The standard InChI is InChI=1S/C2H4O3S.2K.Zn.2H/c1-2(3)5-6-4;;;;;/h6H,1H3;;;;;. The average Bonchev–Trinajstić information content (AvgIpc) is 1.35. The molecule has 0 bridgehead atoms. The number of rotatable bonds is 1. The largest absolute Gasteiger partial charge is 0 e. The fourth-order valence-electron chi connectivity index (χ4n) is 0.0525. The molecular weight excluding hydrogens is 248 g/mol. The molecular formula is C2H6K2O3SZn. The van der Waals surface area contributed by atoms with Crippen LogP contribution in [0.25, 0.3) is 0 Å². The number of hydrogen-bond acceptors (Lipinski definition) is 3. The Balaban J connectivity index is -0.0000000417. The van der Waals surface area contributed by atoms with Crippen LogP contribution in [0.2, 0.25) is 0 Å². The number of carbonyl (C=O) groups is 1. The Morgan fingerprint density at radius 3 is 1.78 bits per heavy atom. The second kappa shape index (κ2) is 17.6. The van der Waals surface area contributed by atoms with E-state index in [1.165, 1.54) is 6.92 Å². The van der Waals surface area contributed by atoms with Gasteiger partial charge in [0.15, 0.2) is 11.9 Å². The topological polar surface area (TPSA) is 43.4 Å². The molecule has 0 fully saturated rings. The molecule has 0 spiro atoms. The molecule has 0 amide bonds. The third-order valence-corrected chi connectivity index (χ3v) is 0.497. The minimum atomic E-state index is -0.576. The van der Waals surface area contributed by atoms with Gasteiger partial charge in [0.25, 0.3) is 0 Å². The quantitative estimate of drug-likeness (QED) is 0.439. The van der Waals surface area contributed by atoms with E-state index < -0.39 is 17.9 Å². The molecule has 42 valence electrons. The molecule has 0 unspecified atom stereocenters. The van der Waals surface area contributed by atoms with Crippen molar-refractivity contribution in [3.05, 3.63) is 0 Å². The first-order valence-electron chi connectivity index (χ1n) is 1.27. The Labute approximate surface area is 156 Å². The molecule has 7 heteroatoms. The van der Waals surface area contributed by atoms with Gasteiger partial charge in [-0.2, -0.15) is 0 Å². The molecule has 0 aliphatic carbocycles. The Morgan fingerprint density at radius 2 is 1.78 bits per heavy atom. The zero-order chi connectivity index (χ0) is 4.99. The van der Waals surface area contributed by atoms with E-state index in [0.717, 1.165) is 0 Å². The van der Waals surface area contributed by atoms with Gasteiger partial charge >= 0.3 is 109 Å². The summed E-state index contributed by atoms with van der Waals surface area (Å²) in [6, 6.07) is 0. The van der Waals surface area contributed by atoms with Gasteiger partial charge in [-0.05, 0) is 0 Å². The van der Waals surface area contributed by atoms with Crippen molar-refractivity contribution >= 4 is 121 Å². The Morgan fingerprint density at radius 1 is 1.44 bits per heavy atom. The molecule has 0 heterocycles. The van der Waals surface area contributed by atoms with E-state index in [2.05, 4.69) is 4.18 Å². The third kappa shape index (κ3) is 24.6. The van der Waals surface area contributed by atoms with E-state index in [0.29, 0.717) is 0 Å². The monoisotopic (exact) mass is 252 g/mol. The van der Waals surface area contributed by atoms with Gasteiger partial charge in [-0.15, -0.1) is 0 Å². The second-order valence-corrected chi connectivity index (χ2v) is 0.989. The maximum atomic E-state index is 9.61. The van der Waals surface area contributed by atoms with Crippen molar-refractivity contribution in [3.8, 4) is 0 Å². The van der Waals surface area contributed by atoms with Crippen molar-refractivity contribution in [1.82, 2.24) is 0 Å². The van der Waals surface area contributed by atoms with Crippen LogP contribution in [-0.2, 0) is 40.4 Å². The van der Waals surface area contributed by atoms with Crippen molar-refractivity contribution in [2.45, 2.75) is 6.92 Å². The van der Waals surface area contributed by atoms with Gasteiger partial charge in [0.1, 0.15) is 0 Å². The summed E-state index contributed by atoms with van der Waals surface area (Å²) in [5, 5.41) is 0. The molecule has 0 radical (unpaired) electrons. The molecule has 0 aromatic heterocycles. The summed E-state index contributed by atoms with van der Waals surface area (Å²) >= 11 is -0.576. The predicted molar refractivity (Wildman–Crippen MR) is 35.6 cm³/mol. The smallest absolute Gasteiger partial charge is 0 e. The van der Waals surface area contributed by atoms with E-state index >= 15 is 0 Å². The minimum absolute atomic E-state index is 0. The van der Waals surface area contributed by atoms with E-state index in [9.17, 15) is 9.00 Å². The molecule has 0 rings (SSSR count). The summed E-state index contributed by atoms with van der Waals surface area (Å²) in [7, 11) is 0. The fourth-order valence-corrected chi connectivity index (χ4v) is 0.157. The fraction of sp³-hybridized carbons (Fsp3) is 0.500. The summed E-state index contributed by atoms with van der Waals surface area (Å²) in [5.41, 5.74) is 0. The maximum absolute atomic E-state index is 9.61. The summed E-state index contributed by atoms with van der Waals surface area (Å²) in [4.78, 5) is 9.61. The summed E-state index contributed by atoms with van der Waals surface area (Å²) in [6.45, 7) is 1.19. The molecule has 3 nitrogen and oxygen atoms in total. The summed E-state index contributed by atoms with van der Waals surface area (Å²) in [6.07, 6.45) is 0. The van der Waals surface area contributed by atoms with Crippen LogP contribution < -0.4 is 0 Å². The van der Waals surface area contributed by atoms with Crippen LogP contribution in [0.4, 0.5) is 0 Å². The predicted octanol–water partition coefficient (Wildman–Crippen LogP) is -1.89. The Hall–Kier alpha value is 3.52. The molecule has 0 aromatic rings. The normalized spacial score (nSPS) is 5.00. The van der Waals surface area contributed by atoms with Crippen molar-refractivity contribution in [2.24, 2.45) is 0 Å². The molecule has 0 aromatic carbocycles. The third-order valence-electron chi connectivity index (χ3n) is 0.166. The van der Waals surface area contributed by atoms with E-state index in [4.69, 9.17) is 0 Å². The SMILES string of the molecule is CC(=O)O[SH]=O.[KH].[KH].[Zn]. The maximum Gasteiger partial charge on any atom is 0 e. The number of carbonyl (C=O) groups excluding carboxylic acids is 1. The van der Waals surface area contributed by atoms with Crippen LogP contribution in [0, 0.1) is 0 Å². The van der Waals surface area contributed by atoms with Crippen LogP contribution >= 0.6 is 0 Å². The first kappa shape index (κ1) is 22.9. The van der Waals surface area contributed by atoms with Crippen molar-refractivity contribution < 1.29 is 32.7 Å². The first-order valence-corrected chi connectivity index (χ1v) is 2.00. The van der Waals surface area contributed by atoms with Gasteiger partial charge < -0.3 is 4.18 Å². The summed E-state index contributed by atoms with van der Waals surface area (Å²) in [5.74, 6) is -0.535. The van der Waals surface area contributed by atoms with Crippen molar-refractivity contribution in [2.75, 3.05) is 0 Å². The van der Waals surface area contributed by atoms with Gasteiger partial charge in [0.2, 0.25) is 0 Å². The second-order valence-electron chi connectivity index (χ2n) is 0.657. The molecule has 9 heavy (non-hydrogen) atoms. The summed E-state index contributed by atoms with van der Waals surface area (Å²) < 4.78 is 13.1. The van der Waals surface area contributed by atoms with Crippen LogP contribution in [0.5, 0.6) is 0 Å². The van der Waals surface area contributed by atoms with Gasteiger partial charge in [-0.3, -0.25) is 4.79 Å². The number of hydrogen-bond donors (Lipinski definition) is 1. The molecule has 0 aliphatic rings. The first-order chi connectivity index (χ1) is 2.77. The van der Waals surface area contributed by atoms with Crippen molar-refractivity contribution in [3.63, 3.8) is 0 Å². The Bertz CT molecular complexity index is 80.2. The van der Waals surface area contributed by atoms with Crippen molar-refractivity contribution in [1.29, 1.82) is 0 Å². The Kier molecular flexibility index (Phi) is 44.7. The van der Waals surface area contributed by atoms with Gasteiger partial charge in [0, 0.05) is 26.4 Å². The minimum Gasteiger partial charge on any atom is 0 e. The van der Waals surface area contributed by atoms with Gasteiger partial charge in [-0.25, -0.2) is 4.21 Å². The zero-order valence-corrected chi connectivity index (χ0v) is 7.74. The van der Waals surface area contributed by atoms with Crippen LogP contribution in [0.3, 0.4) is 0 Å². The van der Waals surface area contributed by atoms with Gasteiger partial charge in [-0.1, -0.05) is 0 Å². The number of thiol groups is 1. The van der Waals surface area contributed by atoms with Crippen LogP contribution in [-0.4, -0.2) is 113 Å². The van der Waals surface area contributed by atoms with Crippen LogP contribution in [0.15, 0.2) is 0 Å². The van der Waals surface area contributed by atoms with Gasteiger partial charge in [0.05, 0.1) is 0 Å².